The van der Waals surface area contributed by atoms with Crippen molar-refractivity contribution >= 4 is 40.3 Å². The van der Waals surface area contributed by atoms with Crippen LogP contribution in [0.1, 0.15) is 114 Å². The molecule has 0 unspecified atom stereocenters. The quantitative estimate of drug-likeness (QED) is 0.0866. The van der Waals surface area contributed by atoms with Crippen LogP contribution in [0.3, 0.4) is 0 Å². The second-order valence-corrected chi connectivity index (χ2v) is 23.2. The number of hydrogen-bond acceptors (Lipinski definition) is 12. The molecule has 3 N–H and O–H groups in total. The molecule has 18 nitrogen and oxygen atoms in total. The van der Waals surface area contributed by atoms with E-state index in [1.807, 2.05) is 65.3 Å². The molecule has 1 atom stereocenters. The molecule has 5 fully saturated rings. The molecule has 4 aromatic carbocycles. The van der Waals surface area contributed by atoms with Crippen LogP contribution in [0.25, 0.3) is 10.8 Å². The van der Waals surface area contributed by atoms with Crippen LogP contribution in [0.15, 0.2) is 89.7 Å². The molecule has 5 aliphatic rings. The van der Waals surface area contributed by atoms with Gasteiger partial charge >= 0.3 is 0 Å². The van der Waals surface area contributed by atoms with Gasteiger partial charge in [0.25, 0.3) is 17.4 Å². The van der Waals surface area contributed by atoms with Crippen molar-refractivity contribution in [3.05, 3.63) is 135 Å². The number of ether oxygens (including phenoxy) is 2. The molecule has 5 heterocycles. The number of aromatic nitrogens is 2. The van der Waals surface area contributed by atoms with Crippen molar-refractivity contribution in [3.63, 3.8) is 0 Å². The Balaban J connectivity index is 0.639. The van der Waals surface area contributed by atoms with E-state index in [0.29, 0.717) is 112 Å². The van der Waals surface area contributed by atoms with Gasteiger partial charge in [0, 0.05) is 108 Å². The Bertz CT molecular complexity index is 3140. The Morgan fingerprint density at radius 2 is 1.42 bits per heavy atom. The number of benzene rings is 4. The molecule has 4 aliphatic heterocycles. The highest BCUT2D eigenvalue weighted by Crippen LogP contribution is 2.32. The maximum Gasteiger partial charge on any atom is 0.272 e. The van der Waals surface area contributed by atoms with Gasteiger partial charge < -0.3 is 39.7 Å². The van der Waals surface area contributed by atoms with Crippen molar-refractivity contribution in [1.29, 1.82) is 0 Å². The summed E-state index contributed by atoms with van der Waals surface area (Å²) in [5, 5.41) is 14.5. The molecule has 5 amide bonds. The van der Waals surface area contributed by atoms with E-state index in [2.05, 4.69) is 36.7 Å². The minimum atomic E-state index is -0.609. The van der Waals surface area contributed by atoms with Gasteiger partial charge in [-0.25, -0.2) is 9.49 Å². The van der Waals surface area contributed by atoms with Gasteiger partial charge in [0.1, 0.15) is 23.4 Å². The molecule has 19 heteroatoms. The number of halogens is 1. The highest BCUT2D eigenvalue weighted by atomic mass is 19.1. The second kappa shape index (κ2) is 27.9. The van der Waals surface area contributed by atoms with E-state index in [4.69, 9.17) is 9.47 Å². The van der Waals surface area contributed by atoms with Crippen LogP contribution in [-0.2, 0) is 27.3 Å². The Kier molecular flexibility index (Phi) is 19.8. The zero-order valence-corrected chi connectivity index (χ0v) is 48.3. The summed E-state index contributed by atoms with van der Waals surface area (Å²) in [5.41, 5.74) is 3.61. The minimum Gasteiger partial charge on any atom is -0.497 e. The van der Waals surface area contributed by atoms with Gasteiger partial charge in [-0.3, -0.25) is 38.6 Å². The molecule has 4 saturated heterocycles. The summed E-state index contributed by atoms with van der Waals surface area (Å²) in [7, 11) is 1.62. The Morgan fingerprint density at radius 1 is 0.711 bits per heavy atom. The highest BCUT2D eigenvalue weighted by Gasteiger charge is 2.37. The molecule has 10 rings (SSSR count). The van der Waals surface area contributed by atoms with Crippen LogP contribution in [0.5, 0.6) is 11.5 Å². The summed E-state index contributed by atoms with van der Waals surface area (Å²) in [5.74, 6) is 1.12. The van der Waals surface area contributed by atoms with Gasteiger partial charge in [0.15, 0.2) is 0 Å². The average Bonchev–Trinajstić information content (AvgIpc) is 3.73. The lowest BCUT2D eigenvalue weighted by molar-refractivity contribution is -0.137. The van der Waals surface area contributed by atoms with Crippen molar-refractivity contribution in [2.75, 3.05) is 112 Å². The largest absolute Gasteiger partial charge is 0.497 e. The maximum absolute atomic E-state index is 15.2. The number of nitrogens with one attached hydrogen (secondary N) is 3. The van der Waals surface area contributed by atoms with Crippen molar-refractivity contribution in [2.24, 2.45) is 11.8 Å². The van der Waals surface area contributed by atoms with E-state index in [1.54, 1.807) is 41.2 Å². The summed E-state index contributed by atoms with van der Waals surface area (Å²) >= 11 is 0. The number of aromatic amines is 1. The normalized spacial score (nSPS) is 18.5. The monoisotopic (exact) mass is 1140 g/mol. The van der Waals surface area contributed by atoms with Crippen LogP contribution < -0.4 is 25.7 Å². The lowest BCUT2D eigenvalue weighted by Gasteiger charge is -2.41. The summed E-state index contributed by atoms with van der Waals surface area (Å²) in [6.07, 6.45) is 8.94. The van der Waals surface area contributed by atoms with Gasteiger partial charge in [0.05, 0.1) is 43.4 Å². The van der Waals surface area contributed by atoms with E-state index in [9.17, 15) is 28.8 Å². The molecular weight excluding hydrogens is 1060 g/mol. The third-order valence-corrected chi connectivity index (χ3v) is 17.9. The average molecular weight is 1140 g/mol. The predicted molar refractivity (Wildman–Crippen MR) is 315 cm³/mol. The standard InChI is InChI=1S/C64H81FN10O8/c1-3-83-57-39-51(82-2)18-17-50(57)40-66-41-58(76)72-26-22-46(23-27-72)48-12-9-13-49(38-48)61(78)67-60(47-10-5-4-6-11-47)64(81)75-30-28-71(29-31-75)42-44-20-24-70(25-21-44)43-59(77)73-32-34-74(35-33-73)63(80)54-36-45(16-19-55(54)65)37-56-52-14-7-8-15-53(52)62(79)69-68-56/h7-9,12-19,36,38-39,44,46-47,60,66H,3-6,10-11,20-35,37,40-43H2,1-2H3,(H,67,78)(H,69,79)/t60-/m1/s1. The van der Waals surface area contributed by atoms with Crippen LogP contribution in [0.2, 0.25) is 0 Å². The second-order valence-electron chi connectivity index (χ2n) is 23.2. The number of carbonyl (C=O) groups is 5. The summed E-state index contributed by atoms with van der Waals surface area (Å²) in [4.78, 5) is 93.4. The first kappa shape index (κ1) is 59.0. The number of H-pyrrole nitrogens is 1. The van der Waals surface area contributed by atoms with Crippen molar-refractivity contribution in [2.45, 2.75) is 89.6 Å². The van der Waals surface area contributed by atoms with Crippen LogP contribution in [0, 0.1) is 17.7 Å². The molecule has 1 saturated carbocycles. The number of piperazine rings is 2. The van der Waals surface area contributed by atoms with Crippen molar-refractivity contribution in [1.82, 2.24) is 50.2 Å². The smallest absolute Gasteiger partial charge is 0.272 e. The van der Waals surface area contributed by atoms with Gasteiger partial charge in [0.2, 0.25) is 17.7 Å². The van der Waals surface area contributed by atoms with E-state index in [0.717, 1.165) is 113 Å². The Morgan fingerprint density at radius 3 is 2.16 bits per heavy atom. The predicted octanol–water partition coefficient (Wildman–Crippen LogP) is 6.08. The lowest BCUT2D eigenvalue weighted by Crippen LogP contribution is -2.57. The van der Waals surface area contributed by atoms with E-state index in [-0.39, 0.29) is 53.1 Å². The zero-order valence-electron chi connectivity index (χ0n) is 48.3. The van der Waals surface area contributed by atoms with Gasteiger partial charge in [-0.2, -0.15) is 5.10 Å². The zero-order chi connectivity index (χ0) is 57.8. The fourth-order valence-corrected chi connectivity index (χ4v) is 13.0. The Hall–Kier alpha value is -7.22. The van der Waals surface area contributed by atoms with Gasteiger partial charge in [-0.1, -0.05) is 61.7 Å². The first-order valence-electron chi connectivity index (χ1n) is 30.2. The van der Waals surface area contributed by atoms with Crippen LogP contribution >= 0.6 is 0 Å². The third kappa shape index (κ3) is 14.8. The minimum absolute atomic E-state index is 0.0172. The van der Waals surface area contributed by atoms with Crippen molar-refractivity contribution in [3.8, 4) is 11.5 Å². The maximum atomic E-state index is 15.2. The van der Waals surface area contributed by atoms with Crippen molar-refractivity contribution < 1.29 is 37.8 Å². The first-order chi connectivity index (χ1) is 40.4. The molecular formula is C64H81FN10O8. The fraction of sp³-hybridized carbons (Fsp3) is 0.516. The molecule has 1 aliphatic carbocycles. The van der Waals surface area contributed by atoms with Crippen LogP contribution in [0.4, 0.5) is 4.39 Å². The topological polar surface area (TPSA) is 193 Å². The number of nitrogens with zero attached hydrogens (tertiary/aromatic N) is 7. The van der Waals surface area contributed by atoms with Crippen LogP contribution in [-0.4, -0.2) is 187 Å². The number of carbonyl (C=O) groups excluding carboxylic acids is 5. The molecule has 1 aromatic heterocycles. The number of likely N-dealkylation sites (tertiary alicyclic amines) is 2. The van der Waals surface area contributed by atoms with E-state index < -0.39 is 17.8 Å². The molecule has 0 radical (unpaired) electrons. The number of fused-ring (bicyclic) bond motifs is 1. The third-order valence-electron chi connectivity index (χ3n) is 17.9. The SMILES string of the molecule is CCOc1cc(OC)ccc1CNCC(=O)N1CCC(c2cccc(C(=O)N[C@@H](C(=O)N3CCN(CC4CCN(CC(=O)N5CCN(C(=O)c6cc(Cc7n[nH]c(=O)c8ccccc78)ccc6F)CC5)CC4)CC3)C3CCCCC3)c2)CC1. The van der Waals surface area contributed by atoms with Gasteiger partial charge in [-0.05, 0) is 124 Å². The Labute approximate surface area is 486 Å². The number of amides is 5. The van der Waals surface area contributed by atoms with Gasteiger partial charge in [-0.15, -0.1) is 0 Å². The number of piperidine rings is 2. The molecule has 0 bridgehead atoms. The number of rotatable bonds is 19. The molecule has 0 spiro atoms. The number of hydrogen-bond donors (Lipinski definition) is 3. The van der Waals surface area contributed by atoms with E-state index in [1.165, 1.54) is 6.07 Å². The summed E-state index contributed by atoms with van der Waals surface area (Å²) in [6, 6.07) is 24.6. The number of methoxy groups -OCH3 is 1. The lowest BCUT2D eigenvalue weighted by atomic mass is 9.83. The highest BCUT2D eigenvalue weighted by molar-refractivity contribution is 5.98. The fourth-order valence-electron chi connectivity index (χ4n) is 13.0. The molecule has 5 aromatic rings. The molecule has 83 heavy (non-hydrogen) atoms. The first-order valence-corrected chi connectivity index (χ1v) is 30.2. The van der Waals surface area contributed by atoms with E-state index >= 15 is 4.39 Å². The summed E-state index contributed by atoms with van der Waals surface area (Å²) in [6.45, 7) is 11.5. The molecule has 442 valence electrons. The summed E-state index contributed by atoms with van der Waals surface area (Å²) < 4.78 is 26.3.